The van der Waals surface area contributed by atoms with Crippen LogP contribution in [0.5, 0.6) is 0 Å². The zero-order valence-electron chi connectivity index (χ0n) is 7.42. The van der Waals surface area contributed by atoms with E-state index in [9.17, 15) is 9.18 Å². The van der Waals surface area contributed by atoms with Gasteiger partial charge in [0, 0.05) is 16.7 Å². The van der Waals surface area contributed by atoms with Gasteiger partial charge in [-0.15, -0.1) is 0 Å². The van der Waals surface area contributed by atoms with Crippen LogP contribution in [0.1, 0.15) is 11.1 Å². The lowest BCUT2D eigenvalue weighted by atomic mass is 10.1. The summed E-state index contributed by atoms with van der Waals surface area (Å²) in [6.45, 7) is 1.56. The van der Waals surface area contributed by atoms with E-state index in [0.29, 0.717) is 11.1 Å². The lowest BCUT2D eigenvalue weighted by molar-refractivity contribution is -0.131. The topological polar surface area (TPSA) is 37.3 Å². The SMILES string of the molecule is Cc1c(F)cc(/C=C/C(=O)O)cc1Cl. The quantitative estimate of drug-likeness (QED) is 0.769. The largest absolute Gasteiger partial charge is 0.478 e. The Morgan fingerprint density at radius 3 is 2.71 bits per heavy atom. The maximum absolute atomic E-state index is 13.1. The van der Waals surface area contributed by atoms with Gasteiger partial charge >= 0.3 is 5.97 Å². The second-order valence-corrected chi connectivity index (χ2v) is 3.19. The molecular weight excluding hydrogens is 207 g/mol. The molecule has 1 rings (SSSR count). The first-order valence-electron chi connectivity index (χ1n) is 3.87. The van der Waals surface area contributed by atoms with Crippen molar-refractivity contribution in [3.63, 3.8) is 0 Å². The maximum atomic E-state index is 13.1. The standard InChI is InChI=1S/C10H8ClFO2/c1-6-8(11)4-7(5-9(6)12)2-3-10(13)14/h2-5H,1H3,(H,13,14)/b3-2+. The Bertz CT molecular complexity index is 376. The van der Waals surface area contributed by atoms with Crippen molar-refractivity contribution in [2.45, 2.75) is 6.92 Å². The molecule has 1 N–H and O–H groups in total. The number of hydrogen-bond acceptors (Lipinski definition) is 1. The third-order valence-electron chi connectivity index (χ3n) is 1.72. The van der Waals surface area contributed by atoms with E-state index in [1.54, 1.807) is 6.92 Å². The summed E-state index contributed by atoms with van der Waals surface area (Å²) in [6.07, 6.45) is 2.22. The highest BCUT2D eigenvalue weighted by molar-refractivity contribution is 6.31. The lowest BCUT2D eigenvalue weighted by Gasteiger charge is -2.01. The number of carboxylic acids is 1. The van der Waals surface area contributed by atoms with Crippen LogP contribution in [-0.2, 0) is 4.79 Å². The second-order valence-electron chi connectivity index (χ2n) is 2.78. The van der Waals surface area contributed by atoms with E-state index in [1.807, 2.05) is 0 Å². The van der Waals surface area contributed by atoms with Crippen LogP contribution in [0.25, 0.3) is 6.08 Å². The zero-order chi connectivity index (χ0) is 10.7. The number of carboxylic acid groups (broad SMARTS) is 1. The number of aliphatic carboxylic acids is 1. The Balaban J connectivity index is 3.07. The van der Waals surface area contributed by atoms with E-state index >= 15 is 0 Å². The number of hydrogen-bond donors (Lipinski definition) is 1. The fraction of sp³-hybridized carbons (Fsp3) is 0.100. The summed E-state index contributed by atoms with van der Waals surface area (Å²) < 4.78 is 13.1. The van der Waals surface area contributed by atoms with E-state index in [2.05, 4.69) is 0 Å². The molecule has 0 amide bonds. The summed E-state index contributed by atoms with van der Waals surface area (Å²) in [5.41, 5.74) is 0.791. The van der Waals surface area contributed by atoms with Crippen LogP contribution in [0, 0.1) is 12.7 Å². The maximum Gasteiger partial charge on any atom is 0.328 e. The summed E-state index contributed by atoms with van der Waals surface area (Å²) >= 11 is 5.71. The van der Waals surface area contributed by atoms with Crippen molar-refractivity contribution in [3.05, 3.63) is 40.2 Å². The van der Waals surface area contributed by atoms with E-state index in [-0.39, 0.29) is 5.02 Å². The molecule has 2 nitrogen and oxygen atoms in total. The third kappa shape index (κ3) is 2.57. The third-order valence-corrected chi connectivity index (χ3v) is 2.11. The van der Waals surface area contributed by atoms with Crippen LogP contribution in [-0.4, -0.2) is 11.1 Å². The number of carbonyl (C=O) groups is 1. The highest BCUT2D eigenvalue weighted by Gasteiger charge is 2.03. The molecule has 0 bridgehead atoms. The van der Waals surface area contributed by atoms with Crippen LogP contribution in [0.4, 0.5) is 4.39 Å². The van der Waals surface area contributed by atoms with Gasteiger partial charge < -0.3 is 5.11 Å². The predicted octanol–water partition coefficient (Wildman–Crippen LogP) is 2.89. The van der Waals surface area contributed by atoms with Gasteiger partial charge in [0.2, 0.25) is 0 Å². The lowest BCUT2D eigenvalue weighted by Crippen LogP contribution is -1.88. The number of benzene rings is 1. The molecule has 0 aliphatic carbocycles. The van der Waals surface area contributed by atoms with Gasteiger partial charge in [-0.25, -0.2) is 9.18 Å². The molecule has 0 saturated heterocycles. The van der Waals surface area contributed by atoms with Gasteiger partial charge in [-0.2, -0.15) is 0 Å². The molecule has 0 heterocycles. The average Bonchev–Trinajstić information content (AvgIpc) is 2.10. The summed E-state index contributed by atoms with van der Waals surface area (Å²) in [5, 5.41) is 8.64. The highest BCUT2D eigenvalue weighted by Crippen LogP contribution is 2.21. The van der Waals surface area contributed by atoms with E-state index in [0.717, 1.165) is 6.08 Å². The minimum Gasteiger partial charge on any atom is -0.478 e. The molecule has 0 saturated carbocycles. The van der Waals surface area contributed by atoms with Crippen LogP contribution in [0.15, 0.2) is 18.2 Å². The molecule has 14 heavy (non-hydrogen) atoms. The fourth-order valence-electron chi connectivity index (χ4n) is 0.929. The van der Waals surface area contributed by atoms with Crippen molar-refractivity contribution < 1.29 is 14.3 Å². The second kappa shape index (κ2) is 4.24. The van der Waals surface area contributed by atoms with Crippen molar-refractivity contribution in [1.29, 1.82) is 0 Å². The molecule has 0 spiro atoms. The van der Waals surface area contributed by atoms with Crippen LogP contribution >= 0.6 is 11.6 Å². The van der Waals surface area contributed by atoms with Gasteiger partial charge in [0.1, 0.15) is 5.82 Å². The van der Waals surface area contributed by atoms with E-state index < -0.39 is 11.8 Å². The van der Waals surface area contributed by atoms with Crippen LogP contribution < -0.4 is 0 Å². The summed E-state index contributed by atoms with van der Waals surface area (Å²) in [6, 6.07) is 2.75. The molecule has 0 radical (unpaired) electrons. The molecule has 4 heteroatoms. The van der Waals surface area contributed by atoms with Crippen LogP contribution in [0.3, 0.4) is 0 Å². The molecule has 1 aromatic rings. The summed E-state index contributed by atoms with van der Waals surface area (Å²) in [5.74, 6) is -1.52. The zero-order valence-corrected chi connectivity index (χ0v) is 8.18. The number of halogens is 2. The molecule has 0 aliphatic heterocycles. The summed E-state index contributed by atoms with van der Waals surface area (Å²) in [7, 11) is 0. The minimum atomic E-state index is -1.08. The van der Waals surface area contributed by atoms with Crippen molar-refractivity contribution in [2.24, 2.45) is 0 Å². The monoisotopic (exact) mass is 214 g/mol. The van der Waals surface area contributed by atoms with Gasteiger partial charge in [-0.1, -0.05) is 11.6 Å². The van der Waals surface area contributed by atoms with Gasteiger partial charge in [0.05, 0.1) is 0 Å². The Labute approximate surface area is 85.6 Å². The van der Waals surface area contributed by atoms with Crippen LogP contribution in [0.2, 0.25) is 5.02 Å². The minimum absolute atomic E-state index is 0.287. The molecule has 74 valence electrons. The molecular formula is C10H8ClFO2. The Hall–Kier alpha value is -1.35. The van der Waals surface area contributed by atoms with E-state index in [1.165, 1.54) is 18.2 Å². The molecule has 0 unspecified atom stereocenters. The van der Waals surface area contributed by atoms with Crippen molar-refractivity contribution in [1.82, 2.24) is 0 Å². The molecule has 1 aromatic carbocycles. The Morgan fingerprint density at radius 2 is 2.21 bits per heavy atom. The predicted molar refractivity (Wildman–Crippen MR) is 52.8 cm³/mol. The molecule has 0 aliphatic rings. The number of rotatable bonds is 2. The molecule has 0 fully saturated rings. The molecule has 0 aromatic heterocycles. The fourth-order valence-corrected chi connectivity index (χ4v) is 1.14. The highest BCUT2D eigenvalue weighted by atomic mass is 35.5. The van der Waals surface area contributed by atoms with Gasteiger partial charge in [0.15, 0.2) is 0 Å². The van der Waals surface area contributed by atoms with E-state index in [4.69, 9.17) is 16.7 Å². The Kier molecular flexibility index (Phi) is 3.25. The van der Waals surface area contributed by atoms with Gasteiger partial charge in [-0.05, 0) is 30.7 Å². The first-order chi connectivity index (χ1) is 6.50. The van der Waals surface area contributed by atoms with Crippen molar-refractivity contribution in [2.75, 3.05) is 0 Å². The Morgan fingerprint density at radius 1 is 1.57 bits per heavy atom. The van der Waals surface area contributed by atoms with Crippen molar-refractivity contribution in [3.8, 4) is 0 Å². The first-order valence-corrected chi connectivity index (χ1v) is 4.25. The normalized spacial score (nSPS) is 10.8. The van der Waals surface area contributed by atoms with Gasteiger partial charge in [-0.3, -0.25) is 0 Å². The van der Waals surface area contributed by atoms with Crippen molar-refractivity contribution >= 4 is 23.6 Å². The smallest absolute Gasteiger partial charge is 0.328 e. The molecule has 0 atom stereocenters. The summed E-state index contributed by atoms with van der Waals surface area (Å²) in [4.78, 5) is 10.2. The average molecular weight is 215 g/mol. The first kappa shape index (κ1) is 10.7. The van der Waals surface area contributed by atoms with Gasteiger partial charge in [0.25, 0.3) is 0 Å².